The first-order valence-corrected chi connectivity index (χ1v) is 8.36. The topological polar surface area (TPSA) is 80.1 Å². The number of aromatic nitrogens is 4. The second-order valence-corrected chi connectivity index (χ2v) is 6.39. The van der Waals surface area contributed by atoms with Crippen molar-refractivity contribution in [3.63, 3.8) is 0 Å². The summed E-state index contributed by atoms with van der Waals surface area (Å²) in [5.41, 5.74) is 4.03. The highest BCUT2D eigenvalue weighted by atomic mass is 16.5. The molecule has 0 aromatic carbocycles. The number of nitrogens with zero attached hydrogens (tertiary/aromatic N) is 4. The number of likely N-dealkylation sites (tertiary alicyclic amines) is 1. The molecule has 0 saturated carbocycles. The Hall–Kier alpha value is -2.51. The number of aromatic amines is 1. The summed E-state index contributed by atoms with van der Waals surface area (Å²) >= 11 is 0. The van der Waals surface area contributed by atoms with E-state index in [1.54, 1.807) is 19.6 Å². The number of rotatable bonds is 5. The van der Waals surface area contributed by atoms with Crippen LogP contribution >= 0.6 is 0 Å². The summed E-state index contributed by atoms with van der Waals surface area (Å²) in [6.45, 7) is 3.59. The van der Waals surface area contributed by atoms with Crippen molar-refractivity contribution >= 4 is 0 Å². The Morgan fingerprint density at radius 3 is 3.04 bits per heavy atom. The summed E-state index contributed by atoms with van der Waals surface area (Å²) in [6.07, 6.45) is 8.29. The first-order valence-electron chi connectivity index (χ1n) is 8.36. The van der Waals surface area contributed by atoms with E-state index in [9.17, 15) is 0 Å². The quantitative estimate of drug-likeness (QED) is 0.770. The van der Waals surface area contributed by atoms with Gasteiger partial charge < -0.3 is 14.2 Å². The van der Waals surface area contributed by atoms with Crippen LogP contribution in [0, 0.1) is 6.92 Å². The molecule has 3 aromatic rings. The maximum Gasteiger partial charge on any atom is 0.128 e. The van der Waals surface area contributed by atoms with Gasteiger partial charge in [-0.25, -0.2) is 4.98 Å². The van der Waals surface area contributed by atoms with Gasteiger partial charge in [0.05, 0.1) is 29.7 Å². The molecule has 3 aromatic heterocycles. The third kappa shape index (κ3) is 3.20. The predicted octanol–water partition coefficient (Wildman–Crippen LogP) is 2.73. The third-order valence-electron chi connectivity index (χ3n) is 4.80. The molecule has 0 aliphatic carbocycles. The molecule has 4 heterocycles. The SMILES string of the molecule is CO[C@@H]1C[C@@H](c2ncc(-c3cccnc3)[nH]2)N(Cc2conc2C)C1. The Balaban J connectivity index is 1.58. The summed E-state index contributed by atoms with van der Waals surface area (Å²) in [4.78, 5) is 14.6. The van der Waals surface area contributed by atoms with E-state index < -0.39 is 0 Å². The molecule has 130 valence electrons. The van der Waals surface area contributed by atoms with Gasteiger partial charge in [0.2, 0.25) is 0 Å². The van der Waals surface area contributed by atoms with Gasteiger partial charge in [0.25, 0.3) is 0 Å². The lowest BCUT2D eigenvalue weighted by Crippen LogP contribution is -2.25. The van der Waals surface area contributed by atoms with Crippen molar-refractivity contribution in [2.75, 3.05) is 13.7 Å². The standard InChI is InChI=1S/C18H21N5O2/c1-12-14(11-25-22-12)9-23-10-15(24-2)6-17(23)18-20-8-16(21-18)13-4-3-5-19-7-13/h3-5,7-8,11,15,17H,6,9-10H2,1-2H3,(H,20,21)/t15-,17+/m1/s1. The monoisotopic (exact) mass is 339 g/mol. The summed E-state index contributed by atoms with van der Waals surface area (Å²) in [5.74, 6) is 0.951. The summed E-state index contributed by atoms with van der Waals surface area (Å²) in [6, 6.07) is 4.12. The molecule has 0 unspecified atom stereocenters. The van der Waals surface area contributed by atoms with Crippen LogP contribution in [0.25, 0.3) is 11.3 Å². The first kappa shape index (κ1) is 16.0. The minimum Gasteiger partial charge on any atom is -0.380 e. The summed E-state index contributed by atoms with van der Waals surface area (Å²) in [7, 11) is 1.76. The number of imidazole rings is 1. The van der Waals surface area contributed by atoms with Crippen molar-refractivity contribution in [3.8, 4) is 11.3 Å². The molecule has 4 rings (SSSR count). The molecule has 7 nitrogen and oxygen atoms in total. The van der Waals surface area contributed by atoms with Gasteiger partial charge in [0.1, 0.15) is 12.1 Å². The zero-order chi connectivity index (χ0) is 17.2. The number of ether oxygens (including phenoxy) is 1. The largest absolute Gasteiger partial charge is 0.380 e. The predicted molar refractivity (Wildman–Crippen MR) is 91.6 cm³/mol. The Kier molecular flexibility index (Phi) is 4.33. The van der Waals surface area contributed by atoms with Gasteiger partial charge in [-0.3, -0.25) is 9.88 Å². The van der Waals surface area contributed by atoms with E-state index in [1.165, 1.54) is 0 Å². The van der Waals surface area contributed by atoms with Crippen LogP contribution in [0.2, 0.25) is 0 Å². The van der Waals surface area contributed by atoms with Crippen LogP contribution in [0.5, 0.6) is 0 Å². The van der Waals surface area contributed by atoms with Crippen LogP contribution in [-0.2, 0) is 11.3 Å². The number of hydrogen-bond acceptors (Lipinski definition) is 6. The van der Waals surface area contributed by atoms with Crippen molar-refractivity contribution in [2.24, 2.45) is 0 Å². The molecular formula is C18H21N5O2. The van der Waals surface area contributed by atoms with Crippen LogP contribution in [0.15, 0.2) is 41.5 Å². The lowest BCUT2D eigenvalue weighted by Gasteiger charge is -2.21. The minimum absolute atomic E-state index is 0.171. The van der Waals surface area contributed by atoms with Gasteiger partial charge in [-0.05, 0) is 25.5 Å². The van der Waals surface area contributed by atoms with Crippen molar-refractivity contribution in [1.29, 1.82) is 0 Å². The number of aryl methyl sites for hydroxylation is 1. The van der Waals surface area contributed by atoms with Gasteiger partial charge in [0, 0.05) is 43.7 Å². The second kappa shape index (κ2) is 6.78. The average molecular weight is 339 g/mol. The fraction of sp³-hybridized carbons (Fsp3) is 0.389. The van der Waals surface area contributed by atoms with Gasteiger partial charge in [0.15, 0.2) is 0 Å². The highest BCUT2D eigenvalue weighted by Gasteiger charge is 2.35. The normalized spacial score (nSPS) is 21.0. The zero-order valence-corrected chi connectivity index (χ0v) is 14.3. The molecule has 2 atom stereocenters. The van der Waals surface area contributed by atoms with E-state index >= 15 is 0 Å². The van der Waals surface area contributed by atoms with Crippen LogP contribution in [-0.4, -0.2) is 44.8 Å². The highest BCUT2D eigenvalue weighted by molar-refractivity contribution is 5.56. The van der Waals surface area contributed by atoms with Crippen molar-refractivity contribution in [3.05, 3.63) is 54.1 Å². The van der Waals surface area contributed by atoms with Crippen molar-refractivity contribution in [2.45, 2.75) is 32.0 Å². The van der Waals surface area contributed by atoms with E-state index in [0.29, 0.717) is 0 Å². The number of nitrogens with one attached hydrogen (secondary N) is 1. The van der Waals surface area contributed by atoms with E-state index in [-0.39, 0.29) is 12.1 Å². The fourth-order valence-electron chi connectivity index (χ4n) is 3.35. The van der Waals surface area contributed by atoms with Gasteiger partial charge in [-0.1, -0.05) is 5.16 Å². The number of pyridine rings is 1. The van der Waals surface area contributed by atoms with Gasteiger partial charge in [-0.15, -0.1) is 0 Å². The minimum atomic E-state index is 0.171. The number of H-pyrrole nitrogens is 1. The smallest absolute Gasteiger partial charge is 0.128 e. The molecule has 7 heteroatoms. The molecule has 0 bridgehead atoms. The lowest BCUT2D eigenvalue weighted by molar-refractivity contribution is 0.107. The number of hydrogen-bond donors (Lipinski definition) is 1. The molecule has 1 N–H and O–H groups in total. The zero-order valence-electron chi connectivity index (χ0n) is 14.3. The van der Waals surface area contributed by atoms with Crippen LogP contribution < -0.4 is 0 Å². The maximum absolute atomic E-state index is 5.60. The van der Waals surface area contributed by atoms with Crippen molar-refractivity contribution < 1.29 is 9.26 Å². The molecule has 25 heavy (non-hydrogen) atoms. The van der Waals surface area contributed by atoms with E-state index in [2.05, 4.69) is 25.0 Å². The molecule has 0 radical (unpaired) electrons. The Morgan fingerprint density at radius 2 is 2.32 bits per heavy atom. The maximum atomic E-state index is 5.60. The highest BCUT2D eigenvalue weighted by Crippen LogP contribution is 2.34. The van der Waals surface area contributed by atoms with E-state index in [4.69, 9.17) is 9.26 Å². The molecule has 1 aliphatic heterocycles. The summed E-state index contributed by atoms with van der Waals surface area (Å²) in [5, 5.41) is 3.98. The average Bonchev–Trinajstić information content (AvgIpc) is 3.36. The van der Waals surface area contributed by atoms with E-state index in [1.807, 2.05) is 31.5 Å². The lowest BCUT2D eigenvalue weighted by atomic mass is 10.1. The van der Waals surface area contributed by atoms with E-state index in [0.717, 1.165) is 47.8 Å². The number of methoxy groups -OCH3 is 1. The molecule has 1 fully saturated rings. The molecule has 0 spiro atoms. The molecule has 1 saturated heterocycles. The molecular weight excluding hydrogens is 318 g/mol. The molecule has 1 aliphatic rings. The van der Waals surface area contributed by atoms with Crippen LogP contribution in [0.4, 0.5) is 0 Å². The van der Waals surface area contributed by atoms with Gasteiger partial charge >= 0.3 is 0 Å². The van der Waals surface area contributed by atoms with Crippen LogP contribution in [0.1, 0.15) is 29.5 Å². The first-order chi connectivity index (χ1) is 12.2. The second-order valence-electron chi connectivity index (χ2n) is 6.39. The fourth-order valence-corrected chi connectivity index (χ4v) is 3.35. The van der Waals surface area contributed by atoms with Crippen molar-refractivity contribution in [1.82, 2.24) is 25.0 Å². The Bertz CT molecular complexity index is 829. The van der Waals surface area contributed by atoms with Crippen LogP contribution in [0.3, 0.4) is 0 Å². The molecule has 0 amide bonds. The summed E-state index contributed by atoms with van der Waals surface area (Å²) < 4.78 is 10.7. The Labute approximate surface area is 146 Å². The Morgan fingerprint density at radius 1 is 1.40 bits per heavy atom. The van der Waals surface area contributed by atoms with Gasteiger partial charge in [-0.2, -0.15) is 0 Å². The third-order valence-corrected chi connectivity index (χ3v) is 4.80.